The molecule has 2 heterocycles. The number of nitrogens with one attached hydrogen (secondary N) is 2. The zero-order valence-electron chi connectivity index (χ0n) is 21.0. The van der Waals surface area contributed by atoms with E-state index in [9.17, 15) is 14.4 Å². The molecule has 192 valence electrons. The van der Waals surface area contributed by atoms with Gasteiger partial charge in [-0.1, -0.05) is 66.7 Å². The highest BCUT2D eigenvalue weighted by Crippen LogP contribution is 2.18. The summed E-state index contributed by atoms with van der Waals surface area (Å²) >= 11 is 0. The number of aromatic nitrogens is 2. The topological polar surface area (TPSA) is 98.4 Å². The van der Waals surface area contributed by atoms with E-state index in [0.717, 1.165) is 27.7 Å². The minimum atomic E-state index is -0.186. The minimum absolute atomic E-state index is 0.0390. The number of amides is 3. The van der Waals surface area contributed by atoms with Crippen molar-refractivity contribution in [1.82, 2.24) is 25.3 Å². The normalized spacial score (nSPS) is 13.7. The Morgan fingerprint density at radius 1 is 0.816 bits per heavy atom. The standard InChI is InChI=1S/C30H29N5O3/c36-28(20-23-6-2-1-3-7-23)31-21-29(37)34-16-18-35(19-17-34)30(38)24-13-10-22(11-14-24)12-15-27-25-8-4-5-9-26(25)32-33-27/h1-15H,16-21H2,(H,31,36)(H,32,33)/b15-12+. The molecule has 8 heteroatoms. The molecule has 3 amide bonds. The molecule has 1 aliphatic rings. The number of fused-ring (bicyclic) bond motifs is 1. The van der Waals surface area contributed by atoms with Crippen molar-refractivity contribution in [3.63, 3.8) is 0 Å². The summed E-state index contributed by atoms with van der Waals surface area (Å²) in [6.45, 7) is 1.75. The molecule has 1 aromatic heterocycles. The van der Waals surface area contributed by atoms with Crippen molar-refractivity contribution in [3.05, 3.63) is 101 Å². The summed E-state index contributed by atoms with van der Waals surface area (Å²) in [7, 11) is 0. The first-order valence-electron chi connectivity index (χ1n) is 12.7. The Morgan fingerprint density at radius 2 is 1.50 bits per heavy atom. The van der Waals surface area contributed by atoms with E-state index in [1.54, 1.807) is 9.80 Å². The second kappa shape index (κ2) is 11.6. The van der Waals surface area contributed by atoms with Crippen LogP contribution in [0, 0.1) is 0 Å². The fraction of sp³-hybridized carbons (Fsp3) is 0.200. The van der Waals surface area contributed by atoms with Crippen LogP contribution in [-0.2, 0) is 16.0 Å². The van der Waals surface area contributed by atoms with E-state index in [0.29, 0.717) is 31.7 Å². The van der Waals surface area contributed by atoms with Gasteiger partial charge in [0.2, 0.25) is 11.8 Å². The van der Waals surface area contributed by atoms with Gasteiger partial charge in [-0.05, 0) is 35.4 Å². The molecule has 0 atom stereocenters. The third-order valence-electron chi connectivity index (χ3n) is 6.65. The number of aromatic amines is 1. The number of carbonyl (C=O) groups excluding carboxylic acids is 3. The number of H-pyrrole nitrogens is 1. The zero-order valence-corrected chi connectivity index (χ0v) is 21.0. The van der Waals surface area contributed by atoms with Gasteiger partial charge >= 0.3 is 0 Å². The van der Waals surface area contributed by atoms with Crippen LogP contribution in [0.1, 0.15) is 27.2 Å². The first kappa shape index (κ1) is 25.0. The van der Waals surface area contributed by atoms with Gasteiger partial charge in [-0.3, -0.25) is 19.5 Å². The maximum Gasteiger partial charge on any atom is 0.253 e. The van der Waals surface area contributed by atoms with Crippen LogP contribution in [0.25, 0.3) is 23.1 Å². The molecule has 0 bridgehead atoms. The molecule has 0 radical (unpaired) electrons. The van der Waals surface area contributed by atoms with Gasteiger partial charge in [-0.15, -0.1) is 0 Å². The van der Waals surface area contributed by atoms with E-state index >= 15 is 0 Å². The van der Waals surface area contributed by atoms with Crippen molar-refractivity contribution in [2.45, 2.75) is 6.42 Å². The summed E-state index contributed by atoms with van der Waals surface area (Å²) in [5.74, 6) is -0.379. The van der Waals surface area contributed by atoms with E-state index in [-0.39, 0.29) is 30.7 Å². The molecule has 3 aromatic carbocycles. The second-order valence-corrected chi connectivity index (χ2v) is 9.22. The molecule has 0 aliphatic carbocycles. The molecular formula is C30H29N5O3. The summed E-state index contributed by atoms with van der Waals surface area (Å²) < 4.78 is 0. The fourth-order valence-electron chi connectivity index (χ4n) is 4.49. The molecule has 5 rings (SSSR count). The van der Waals surface area contributed by atoms with E-state index in [2.05, 4.69) is 15.5 Å². The lowest BCUT2D eigenvalue weighted by Gasteiger charge is -2.35. The number of carbonyl (C=O) groups is 3. The lowest BCUT2D eigenvalue weighted by Crippen LogP contribution is -2.52. The third kappa shape index (κ3) is 5.98. The SMILES string of the molecule is O=C(Cc1ccccc1)NCC(=O)N1CCN(C(=O)c2ccc(/C=C/c3n[nH]c4ccccc34)cc2)CC1. The van der Waals surface area contributed by atoms with E-state index in [1.165, 1.54) is 0 Å². The number of benzene rings is 3. The predicted molar refractivity (Wildman–Crippen MR) is 147 cm³/mol. The highest BCUT2D eigenvalue weighted by atomic mass is 16.2. The summed E-state index contributed by atoms with van der Waals surface area (Å²) in [6.07, 6.45) is 4.17. The van der Waals surface area contributed by atoms with Crippen molar-refractivity contribution < 1.29 is 14.4 Å². The maximum atomic E-state index is 13.0. The van der Waals surface area contributed by atoms with Crippen LogP contribution in [0.2, 0.25) is 0 Å². The Labute approximate surface area is 220 Å². The molecule has 8 nitrogen and oxygen atoms in total. The summed E-state index contributed by atoms with van der Waals surface area (Å²) in [4.78, 5) is 41.1. The van der Waals surface area contributed by atoms with Crippen molar-refractivity contribution in [1.29, 1.82) is 0 Å². The molecule has 4 aromatic rings. The summed E-state index contributed by atoms with van der Waals surface area (Å²) in [6, 6.07) is 24.8. The smallest absolute Gasteiger partial charge is 0.253 e. The average Bonchev–Trinajstić information content (AvgIpc) is 3.38. The minimum Gasteiger partial charge on any atom is -0.347 e. The monoisotopic (exact) mass is 507 g/mol. The Bertz CT molecular complexity index is 1450. The van der Waals surface area contributed by atoms with Gasteiger partial charge in [-0.2, -0.15) is 5.10 Å². The van der Waals surface area contributed by atoms with Crippen LogP contribution in [0.4, 0.5) is 0 Å². The Morgan fingerprint density at radius 3 is 2.26 bits per heavy atom. The van der Waals surface area contributed by atoms with E-state index in [1.807, 2.05) is 91.0 Å². The Kier molecular flexibility index (Phi) is 7.59. The Hall–Kier alpha value is -4.72. The third-order valence-corrected chi connectivity index (χ3v) is 6.65. The largest absolute Gasteiger partial charge is 0.347 e. The lowest BCUT2D eigenvalue weighted by molar-refractivity contribution is -0.133. The van der Waals surface area contributed by atoms with Crippen molar-refractivity contribution >= 4 is 40.8 Å². The number of rotatable bonds is 7. The number of hydrogen-bond donors (Lipinski definition) is 2. The van der Waals surface area contributed by atoms with Crippen LogP contribution in [-0.4, -0.2) is 70.4 Å². The Balaban J connectivity index is 1.09. The molecular weight excluding hydrogens is 478 g/mol. The highest BCUT2D eigenvalue weighted by Gasteiger charge is 2.25. The molecule has 0 saturated carbocycles. The molecule has 38 heavy (non-hydrogen) atoms. The van der Waals surface area contributed by atoms with E-state index in [4.69, 9.17) is 0 Å². The van der Waals surface area contributed by atoms with Gasteiger partial charge in [-0.25, -0.2) is 0 Å². The zero-order chi connectivity index (χ0) is 26.3. The van der Waals surface area contributed by atoms with Crippen LogP contribution < -0.4 is 5.32 Å². The quantitative estimate of drug-likeness (QED) is 0.401. The average molecular weight is 508 g/mol. The molecule has 1 aliphatic heterocycles. The maximum absolute atomic E-state index is 13.0. The van der Waals surface area contributed by atoms with Gasteiger partial charge in [0.25, 0.3) is 5.91 Å². The van der Waals surface area contributed by atoms with Gasteiger partial charge < -0.3 is 15.1 Å². The predicted octanol–water partition coefficient (Wildman–Crippen LogP) is 3.38. The number of para-hydroxylation sites is 1. The molecule has 1 saturated heterocycles. The van der Waals surface area contributed by atoms with Gasteiger partial charge in [0, 0.05) is 37.1 Å². The summed E-state index contributed by atoms with van der Waals surface area (Å²) in [5.41, 5.74) is 4.34. The van der Waals surface area contributed by atoms with Gasteiger partial charge in [0.1, 0.15) is 0 Å². The van der Waals surface area contributed by atoms with Crippen LogP contribution in [0.5, 0.6) is 0 Å². The summed E-state index contributed by atoms with van der Waals surface area (Å²) in [5, 5.41) is 11.1. The van der Waals surface area contributed by atoms with Crippen LogP contribution in [0.15, 0.2) is 78.9 Å². The van der Waals surface area contributed by atoms with Crippen LogP contribution >= 0.6 is 0 Å². The molecule has 2 N–H and O–H groups in total. The van der Waals surface area contributed by atoms with Crippen LogP contribution in [0.3, 0.4) is 0 Å². The van der Waals surface area contributed by atoms with Crippen molar-refractivity contribution in [2.75, 3.05) is 32.7 Å². The van der Waals surface area contributed by atoms with Gasteiger partial charge in [0.05, 0.1) is 24.2 Å². The number of nitrogens with zero attached hydrogens (tertiary/aromatic N) is 3. The molecule has 0 unspecified atom stereocenters. The molecule has 0 spiro atoms. The van der Waals surface area contributed by atoms with E-state index < -0.39 is 0 Å². The second-order valence-electron chi connectivity index (χ2n) is 9.22. The van der Waals surface area contributed by atoms with Gasteiger partial charge in [0.15, 0.2) is 0 Å². The number of hydrogen-bond acceptors (Lipinski definition) is 4. The first-order valence-corrected chi connectivity index (χ1v) is 12.7. The molecule has 1 fully saturated rings. The van der Waals surface area contributed by atoms with Crippen molar-refractivity contribution in [2.24, 2.45) is 0 Å². The van der Waals surface area contributed by atoms with Crippen molar-refractivity contribution in [3.8, 4) is 0 Å². The number of piperazine rings is 1. The highest BCUT2D eigenvalue weighted by molar-refractivity contribution is 5.95. The fourth-order valence-corrected chi connectivity index (χ4v) is 4.49. The lowest BCUT2D eigenvalue weighted by atomic mass is 10.1. The first-order chi connectivity index (χ1) is 18.6.